The summed E-state index contributed by atoms with van der Waals surface area (Å²) >= 11 is 0. The molecule has 0 saturated carbocycles. The number of anilines is 1. The standard InChI is InChI=1S/C18H23N5O/c1-6-15(22(2)3)18-20-17(21-24-18)13-11-16(23(4)5)19-14-10-8-7-9-12(13)14/h7-11,15H,6H2,1-5H3. The summed E-state index contributed by atoms with van der Waals surface area (Å²) in [5, 5.41) is 5.25. The summed E-state index contributed by atoms with van der Waals surface area (Å²) in [7, 11) is 7.98. The van der Waals surface area contributed by atoms with Gasteiger partial charge in [-0.05, 0) is 32.6 Å². The van der Waals surface area contributed by atoms with Crippen LogP contribution >= 0.6 is 0 Å². The summed E-state index contributed by atoms with van der Waals surface area (Å²) < 4.78 is 5.55. The van der Waals surface area contributed by atoms with E-state index in [0.717, 1.165) is 28.7 Å². The lowest BCUT2D eigenvalue weighted by atomic mass is 10.1. The van der Waals surface area contributed by atoms with Gasteiger partial charge in [0.1, 0.15) is 5.82 Å². The van der Waals surface area contributed by atoms with Crippen molar-refractivity contribution in [2.24, 2.45) is 0 Å². The number of benzene rings is 1. The highest BCUT2D eigenvalue weighted by molar-refractivity contribution is 5.94. The van der Waals surface area contributed by atoms with E-state index in [2.05, 4.69) is 26.9 Å². The largest absolute Gasteiger partial charge is 0.363 e. The highest BCUT2D eigenvalue weighted by atomic mass is 16.5. The molecule has 6 heteroatoms. The van der Waals surface area contributed by atoms with Crippen LogP contribution in [0.15, 0.2) is 34.9 Å². The maximum absolute atomic E-state index is 5.55. The van der Waals surface area contributed by atoms with Crippen LogP contribution in [0.1, 0.15) is 25.3 Å². The third kappa shape index (κ3) is 2.97. The van der Waals surface area contributed by atoms with Gasteiger partial charge in [0.25, 0.3) is 0 Å². The maximum atomic E-state index is 5.55. The second-order valence-corrected chi connectivity index (χ2v) is 6.28. The summed E-state index contributed by atoms with van der Waals surface area (Å²) in [6, 6.07) is 10.1. The van der Waals surface area contributed by atoms with Crippen molar-refractivity contribution in [1.29, 1.82) is 0 Å². The lowest BCUT2D eigenvalue weighted by Crippen LogP contribution is -2.19. The molecule has 6 nitrogen and oxygen atoms in total. The zero-order valence-corrected chi connectivity index (χ0v) is 14.8. The second kappa shape index (κ2) is 6.57. The van der Waals surface area contributed by atoms with Crippen LogP contribution in [-0.2, 0) is 0 Å². The Labute approximate surface area is 142 Å². The number of hydrogen-bond donors (Lipinski definition) is 0. The first-order chi connectivity index (χ1) is 11.5. The quantitative estimate of drug-likeness (QED) is 0.717. The number of pyridine rings is 1. The lowest BCUT2D eigenvalue weighted by molar-refractivity contribution is 0.224. The molecule has 0 radical (unpaired) electrons. The van der Waals surface area contributed by atoms with Crippen LogP contribution in [0, 0.1) is 0 Å². The van der Waals surface area contributed by atoms with E-state index in [1.165, 1.54) is 0 Å². The van der Waals surface area contributed by atoms with Crippen LogP contribution < -0.4 is 4.90 Å². The highest BCUT2D eigenvalue weighted by Gasteiger charge is 2.21. The minimum Gasteiger partial charge on any atom is -0.363 e. The van der Waals surface area contributed by atoms with Crippen LogP contribution in [0.2, 0.25) is 0 Å². The van der Waals surface area contributed by atoms with Gasteiger partial charge in [-0.1, -0.05) is 30.3 Å². The van der Waals surface area contributed by atoms with Gasteiger partial charge in [0.05, 0.1) is 11.6 Å². The smallest absolute Gasteiger partial charge is 0.244 e. The predicted molar refractivity (Wildman–Crippen MR) is 96.1 cm³/mol. The molecule has 126 valence electrons. The van der Waals surface area contributed by atoms with Gasteiger partial charge in [0, 0.05) is 25.0 Å². The van der Waals surface area contributed by atoms with Crippen molar-refractivity contribution in [3.05, 3.63) is 36.2 Å². The van der Waals surface area contributed by atoms with E-state index in [9.17, 15) is 0 Å². The van der Waals surface area contributed by atoms with Crippen molar-refractivity contribution in [3.8, 4) is 11.4 Å². The molecule has 1 atom stereocenters. The molecule has 0 aliphatic carbocycles. The molecule has 0 spiro atoms. The first-order valence-corrected chi connectivity index (χ1v) is 8.08. The Balaban J connectivity index is 2.14. The normalized spacial score (nSPS) is 12.8. The molecule has 3 rings (SSSR count). The van der Waals surface area contributed by atoms with Crippen LogP contribution in [0.25, 0.3) is 22.3 Å². The van der Waals surface area contributed by atoms with Gasteiger partial charge >= 0.3 is 0 Å². The van der Waals surface area contributed by atoms with Crippen molar-refractivity contribution in [2.45, 2.75) is 19.4 Å². The van der Waals surface area contributed by atoms with E-state index in [0.29, 0.717) is 11.7 Å². The Hall–Kier alpha value is -2.47. The Morgan fingerprint density at radius 3 is 2.50 bits per heavy atom. The first kappa shape index (κ1) is 16.4. The Kier molecular flexibility index (Phi) is 4.49. The molecule has 0 aliphatic heterocycles. The summed E-state index contributed by atoms with van der Waals surface area (Å²) in [6.45, 7) is 2.11. The molecule has 0 fully saturated rings. The zero-order chi connectivity index (χ0) is 17.3. The van der Waals surface area contributed by atoms with E-state index < -0.39 is 0 Å². The Bertz CT molecular complexity index is 840. The van der Waals surface area contributed by atoms with Gasteiger partial charge in [-0.15, -0.1) is 0 Å². The van der Waals surface area contributed by atoms with E-state index in [1.54, 1.807) is 0 Å². The predicted octanol–water partition coefficient (Wildman–Crippen LogP) is 3.36. The molecular weight excluding hydrogens is 302 g/mol. The average molecular weight is 325 g/mol. The molecule has 0 saturated heterocycles. The second-order valence-electron chi connectivity index (χ2n) is 6.28. The third-order valence-corrected chi connectivity index (χ3v) is 4.14. The molecule has 1 aromatic carbocycles. The van der Waals surface area contributed by atoms with Crippen LogP contribution in [0.3, 0.4) is 0 Å². The van der Waals surface area contributed by atoms with E-state index in [4.69, 9.17) is 4.52 Å². The molecule has 24 heavy (non-hydrogen) atoms. The molecule has 0 amide bonds. The molecule has 2 aromatic heterocycles. The van der Waals surface area contributed by atoms with Gasteiger partial charge < -0.3 is 9.42 Å². The SMILES string of the molecule is CCC(c1nc(-c2cc(N(C)C)nc3ccccc23)no1)N(C)C. The topological polar surface area (TPSA) is 58.3 Å². The van der Waals surface area contributed by atoms with E-state index in [1.807, 2.05) is 63.4 Å². The van der Waals surface area contributed by atoms with Crippen molar-refractivity contribution < 1.29 is 4.52 Å². The molecule has 0 N–H and O–H groups in total. The highest BCUT2D eigenvalue weighted by Crippen LogP contribution is 2.30. The minimum absolute atomic E-state index is 0.118. The molecule has 1 unspecified atom stereocenters. The third-order valence-electron chi connectivity index (χ3n) is 4.14. The summed E-state index contributed by atoms with van der Waals surface area (Å²) in [4.78, 5) is 13.4. The fourth-order valence-corrected chi connectivity index (χ4v) is 2.82. The lowest BCUT2D eigenvalue weighted by Gasteiger charge is -2.18. The molecule has 3 aromatic rings. The van der Waals surface area contributed by atoms with Crippen molar-refractivity contribution in [1.82, 2.24) is 20.0 Å². The first-order valence-electron chi connectivity index (χ1n) is 8.08. The summed E-state index contributed by atoms with van der Waals surface area (Å²) in [5.74, 6) is 2.12. The average Bonchev–Trinajstić information content (AvgIpc) is 3.03. The van der Waals surface area contributed by atoms with E-state index >= 15 is 0 Å². The number of aromatic nitrogens is 3. The van der Waals surface area contributed by atoms with Gasteiger partial charge in [-0.25, -0.2) is 4.98 Å². The zero-order valence-electron chi connectivity index (χ0n) is 14.8. The van der Waals surface area contributed by atoms with Gasteiger partial charge in [-0.3, -0.25) is 4.90 Å². The number of rotatable bonds is 5. The molecule has 0 bridgehead atoms. The number of fused-ring (bicyclic) bond motifs is 1. The Morgan fingerprint density at radius 1 is 1.08 bits per heavy atom. The van der Waals surface area contributed by atoms with E-state index in [-0.39, 0.29) is 6.04 Å². The number of nitrogens with zero attached hydrogens (tertiary/aromatic N) is 5. The van der Waals surface area contributed by atoms with Crippen molar-refractivity contribution in [2.75, 3.05) is 33.1 Å². The van der Waals surface area contributed by atoms with Crippen LogP contribution in [0.5, 0.6) is 0 Å². The molecule has 2 heterocycles. The van der Waals surface area contributed by atoms with Crippen molar-refractivity contribution in [3.63, 3.8) is 0 Å². The van der Waals surface area contributed by atoms with Crippen molar-refractivity contribution >= 4 is 16.7 Å². The minimum atomic E-state index is 0.118. The fraction of sp³-hybridized carbons (Fsp3) is 0.389. The summed E-state index contributed by atoms with van der Waals surface area (Å²) in [5.41, 5.74) is 1.86. The fourth-order valence-electron chi connectivity index (χ4n) is 2.82. The summed E-state index contributed by atoms with van der Waals surface area (Å²) in [6.07, 6.45) is 0.911. The monoisotopic (exact) mass is 325 g/mol. The Morgan fingerprint density at radius 2 is 1.83 bits per heavy atom. The number of para-hydroxylation sites is 1. The maximum Gasteiger partial charge on any atom is 0.244 e. The molecular formula is C18H23N5O. The molecule has 0 aliphatic rings. The van der Waals surface area contributed by atoms with Gasteiger partial charge in [0.15, 0.2) is 0 Å². The van der Waals surface area contributed by atoms with Crippen LogP contribution in [-0.4, -0.2) is 48.2 Å². The number of hydrogen-bond acceptors (Lipinski definition) is 6. The van der Waals surface area contributed by atoms with Gasteiger partial charge in [-0.2, -0.15) is 4.98 Å². The van der Waals surface area contributed by atoms with Gasteiger partial charge in [0.2, 0.25) is 11.7 Å². The van der Waals surface area contributed by atoms with Crippen LogP contribution in [0.4, 0.5) is 5.82 Å².